The molecular formula is C32H46N4O5. The van der Waals surface area contributed by atoms with Crippen LogP contribution in [0, 0.1) is 11.8 Å². The number of rotatable bonds is 15. The van der Waals surface area contributed by atoms with Gasteiger partial charge in [0.2, 0.25) is 5.91 Å². The van der Waals surface area contributed by atoms with Crippen LogP contribution < -0.4 is 20.7 Å². The summed E-state index contributed by atoms with van der Waals surface area (Å²) in [6, 6.07) is 14.1. The molecule has 0 aliphatic heterocycles. The number of hydrogen-bond donors (Lipinski definition) is 3. The Labute approximate surface area is 244 Å². The van der Waals surface area contributed by atoms with Gasteiger partial charge in [0.05, 0.1) is 6.04 Å². The molecule has 0 saturated carbocycles. The maximum atomic E-state index is 13.3. The molecule has 0 unspecified atom stereocenters. The summed E-state index contributed by atoms with van der Waals surface area (Å²) in [5, 5.41) is 8.69. The monoisotopic (exact) mass is 566 g/mol. The molecule has 2 aromatic carbocycles. The van der Waals surface area contributed by atoms with Gasteiger partial charge in [-0.1, -0.05) is 58.9 Å². The van der Waals surface area contributed by atoms with Crippen LogP contribution in [-0.2, 0) is 4.79 Å². The smallest absolute Gasteiger partial charge is 0.410 e. The van der Waals surface area contributed by atoms with Crippen molar-refractivity contribution < 1.29 is 23.9 Å². The first kappa shape index (κ1) is 33.3. The maximum absolute atomic E-state index is 13.3. The lowest BCUT2D eigenvalue weighted by atomic mass is 9.95. The highest BCUT2D eigenvalue weighted by Crippen LogP contribution is 2.15. The van der Waals surface area contributed by atoms with Gasteiger partial charge >= 0.3 is 6.09 Å². The molecule has 0 spiro atoms. The normalized spacial score (nSPS) is 13.0. The third-order valence-electron chi connectivity index (χ3n) is 6.60. The van der Waals surface area contributed by atoms with Gasteiger partial charge in [-0.2, -0.15) is 0 Å². The van der Waals surface area contributed by atoms with Crippen molar-refractivity contribution >= 4 is 23.8 Å². The lowest BCUT2D eigenvalue weighted by Gasteiger charge is -2.28. The second-order valence-electron chi connectivity index (χ2n) is 10.9. The molecule has 0 aliphatic rings. The fourth-order valence-electron chi connectivity index (χ4n) is 4.35. The molecule has 4 amide bonds. The minimum atomic E-state index is -0.684. The second-order valence-corrected chi connectivity index (χ2v) is 10.9. The van der Waals surface area contributed by atoms with E-state index < -0.39 is 24.1 Å². The summed E-state index contributed by atoms with van der Waals surface area (Å²) in [7, 11) is 0. The summed E-state index contributed by atoms with van der Waals surface area (Å²) < 4.78 is 5.40. The number of nitrogens with zero attached hydrogens (tertiary/aromatic N) is 1. The molecule has 2 rings (SSSR count). The van der Waals surface area contributed by atoms with Gasteiger partial charge in [0.25, 0.3) is 11.8 Å². The Balaban J connectivity index is 2.18. The van der Waals surface area contributed by atoms with Gasteiger partial charge < -0.3 is 25.6 Å². The largest absolute Gasteiger partial charge is 0.412 e. The molecule has 0 bridgehead atoms. The number of ether oxygens (including phenoxy) is 1. The number of nitrogens with one attached hydrogen (secondary N) is 3. The molecule has 3 N–H and O–H groups in total. The molecule has 224 valence electrons. The average molecular weight is 567 g/mol. The molecular weight excluding hydrogens is 520 g/mol. The number of para-hydroxylation sites is 1. The lowest BCUT2D eigenvalue weighted by molar-refractivity contribution is -0.125. The molecule has 9 nitrogen and oxygen atoms in total. The molecule has 9 heteroatoms. The van der Waals surface area contributed by atoms with Crippen LogP contribution in [0.4, 0.5) is 4.79 Å². The summed E-state index contributed by atoms with van der Waals surface area (Å²) in [6.07, 6.45) is 1.28. The lowest BCUT2D eigenvalue weighted by Crippen LogP contribution is -2.52. The van der Waals surface area contributed by atoms with Gasteiger partial charge in [-0.25, -0.2) is 4.79 Å². The Kier molecular flexibility index (Phi) is 13.9. The van der Waals surface area contributed by atoms with Crippen molar-refractivity contribution in [2.45, 2.75) is 72.9 Å². The highest BCUT2D eigenvalue weighted by Gasteiger charge is 2.27. The first-order valence-corrected chi connectivity index (χ1v) is 14.6. The van der Waals surface area contributed by atoms with E-state index in [-0.39, 0.29) is 24.1 Å². The zero-order valence-electron chi connectivity index (χ0n) is 25.2. The van der Waals surface area contributed by atoms with Gasteiger partial charge in [-0.05, 0) is 62.4 Å². The standard InChI is InChI=1S/C32H46N4O5/c1-7-17-36(18-8-2)31(39)26-14-12-13-25(20-26)30(38)34-24(6)28(19-23(5)29(37)33-21-22(3)4)35-32(40)41-27-15-10-9-11-16-27/h9-16,20,22-24,28H,7-8,17-19,21H2,1-6H3,(H,33,37)(H,34,38)(H,35,40)/t23-,24+,28+/m1/s1. The Morgan fingerprint density at radius 1 is 0.829 bits per heavy atom. The van der Waals surface area contributed by atoms with Crippen LogP contribution in [0.5, 0.6) is 5.75 Å². The van der Waals surface area contributed by atoms with Crippen molar-refractivity contribution in [1.82, 2.24) is 20.9 Å². The first-order valence-electron chi connectivity index (χ1n) is 14.6. The van der Waals surface area contributed by atoms with E-state index in [0.29, 0.717) is 42.4 Å². The van der Waals surface area contributed by atoms with Crippen LogP contribution in [0.2, 0.25) is 0 Å². The van der Waals surface area contributed by atoms with Crippen LogP contribution in [0.25, 0.3) is 0 Å². The van der Waals surface area contributed by atoms with Crippen molar-refractivity contribution in [3.63, 3.8) is 0 Å². The van der Waals surface area contributed by atoms with E-state index in [1.165, 1.54) is 0 Å². The Bertz CT molecular complexity index is 1130. The Morgan fingerprint density at radius 2 is 1.46 bits per heavy atom. The highest BCUT2D eigenvalue weighted by atomic mass is 16.6. The molecule has 2 aromatic rings. The van der Waals surface area contributed by atoms with Crippen LogP contribution in [0.15, 0.2) is 54.6 Å². The van der Waals surface area contributed by atoms with Crippen molar-refractivity contribution in [3.05, 3.63) is 65.7 Å². The molecule has 0 aliphatic carbocycles. The zero-order chi connectivity index (χ0) is 30.4. The minimum absolute atomic E-state index is 0.110. The van der Waals surface area contributed by atoms with Gasteiger partial charge in [0.15, 0.2) is 0 Å². The van der Waals surface area contributed by atoms with Gasteiger partial charge in [-0.3, -0.25) is 14.4 Å². The Morgan fingerprint density at radius 3 is 2.07 bits per heavy atom. The number of hydrogen-bond acceptors (Lipinski definition) is 5. The first-order chi connectivity index (χ1) is 19.5. The van der Waals surface area contributed by atoms with E-state index in [4.69, 9.17) is 4.74 Å². The molecule has 0 fully saturated rings. The zero-order valence-corrected chi connectivity index (χ0v) is 25.2. The summed E-state index contributed by atoms with van der Waals surface area (Å²) in [4.78, 5) is 53.6. The predicted octanol–water partition coefficient (Wildman–Crippen LogP) is 5.02. The van der Waals surface area contributed by atoms with Crippen LogP contribution in [-0.4, -0.2) is 60.4 Å². The van der Waals surface area contributed by atoms with E-state index in [1.54, 1.807) is 67.3 Å². The summed E-state index contributed by atoms with van der Waals surface area (Å²) in [5.74, 6) is -0.372. The Hall–Kier alpha value is -3.88. The minimum Gasteiger partial charge on any atom is -0.410 e. The highest BCUT2D eigenvalue weighted by molar-refractivity contribution is 5.99. The molecule has 0 saturated heterocycles. The van der Waals surface area contributed by atoms with Crippen LogP contribution in [0.1, 0.15) is 81.5 Å². The summed E-state index contributed by atoms with van der Waals surface area (Å²) in [6.45, 7) is 13.5. The second kappa shape index (κ2) is 17.0. The number of carbonyl (C=O) groups excluding carboxylic acids is 4. The fourth-order valence-corrected chi connectivity index (χ4v) is 4.35. The predicted molar refractivity (Wildman–Crippen MR) is 161 cm³/mol. The molecule has 3 atom stereocenters. The number of carbonyl (C=O) groups is 4. The molecule has 0 heterocycles. The maximum Gasteiger partial charge on any atom is 0.412 e. The van der Waals surface area contributed by atoms with E-state index in [1.807, 2.05) is 33.8 Å². The van der Waals surface area contributed by atoms with E-state index in [2.05, 4.69) is 16.0 Å². The SMILES string of the molecule is CCCN(CCC)C(=O)c1cccc(C(=O)N[C@@H](C)[C@H](C[C@@H](C)C(=O)NCC(C)C)NC(=O)Oc2ccccc2)c1. The number of amides is 4. The third-order valence-corrected chi connectivity index (χ3v) is 6.60. The van der Waals surface area contributed by atoms with Crippen molar-refractivity contribution in [2.24, 2.45) is 11.8 Å². The average Bonchev–Trinajstić information content (AvgIpc) is 2.95. The quantitative estimate of drug-likeness (QED) is 0.280. The summed E-state index contributed by atoms with van der Waals surface area (Å²) in [5.41, 5.74) is 0.785. The molecule has 41 heavy (non-hydrogen) atoms. The van der Waals surface area contributed by atoms with Crippen molar-refractivity contribution in [3.8, 4) is 5.75 Å². The van der Waals surface area contributed by atoms with Crippen LogP contribution in [0.3, 0.4) is 0 Å². The van der Waals surface area contributed by atoms with Crippen molar-refractivity contribution in [1.29, 1.82) is 0 Å². The van der Waals surface area contributed by atoms with Gasteiger partial charge in [0, 0.05) is 42.7 Å². The topological polar surface area (TPSA) is 117 Å². The van der Waals surface area contributed by atoms with E-state index in [9.17, 15) is 19.2 Å². The van der Waals surface area contributed by atoms with Crippen molar-refractivity contribution in [2.75, 3.05) is 19.6 Å². The third kappa shape index (κ3) is 11.3. The molecule has 0 aromatic heterocycles. The molecule has 0 radical (unpaired) electrons. The fraction of sp³-hybridized carbons (Fsp3) is 0.500. The van der Waals surface area contributed by atoms with Gasteiger partial charge in [0.1, 0.15) is 5.75 Å². The summed E-state index contributed by atoms with van der Waals surface area (Å²) >= 11 is 0. The van der Waals surface area contributed by atoms with Gasteiger partial charge in [-0.15, -0.1) is 0 Å². The van der Waals surface area contributed by atoms with E-state index in [0.717, 1.165) is 12.8 Å². The van der Waals surface area contributed by atoms with E-state index >= 15 is 0 Å². The van der Waals surface area contributed by atoms with Crippen LogP contribution >= 0.6 is 0 Å². The number of benzene rings is 2.